The maximum atomic E-state index is 12.6. The molecule has 2 unspecified atom stereocenters. The number of alkyl halides is 1. The highest BCUT2D eigenvalue weighted by Crippen LogP contribution is 2.06. The molecule has 56 valence electrons. The van der Waals surface area contributed by atoms with Crippen LogP contribution in [0.5, 0.6) is 0 Å². The van der Waals surface area contributed by atoms with Gasteiger partial charge in [-0.05, 0) is 13.3 Å². The first-order chi connectivity index (χ1) is 4.18. The number of hydrogen-bond acceptors (Lipinski definition) is 1. The minimum atomic E-state index is -0.801. The van der Waals surface area contributed by atoms with E-state index in [1.807, 2.05) is 6.92 Å². The Morgan fingerprint density at radius 1 is 1.56 bits per heavy atom. The van der Waals surface area contributed by atoms with Gasteiger partial charge in [0.1, 0.15) is 6.17 Å². The van der Waals surface area contributed by atoms with Crippen molar-refractivity contribution in [1.29, 1.82) is 0 Å². The normalized spacial score (nSPS) is 17.3. The van der Waals surface area contributed by atoms with Crippen molar-refractivity contribution in [1.82, 2.24) is 0 Å². The second kappa shape index (κ2) is 4.74. The van der Waals surface area contributed by atoms with Crippen molar-refractivity contribution in [3.05, 3.63) is 0 Å². The summed E-state index contributed by atoms with van der Waals surface area (Å²) in [6.07, 6.45) is 1.81. The molecular weight excluding hydrogens is 117 g/mol. The third-order valence-electron chi connectivity index (χ3n) is 1.40. The monoisotopic (exact) mass is 133 g/mol. The smallest absolute Gasteiger partial charge is 0.115 e. The molecule has 0 spiro atoms. The lowest BCUT2D eigenvalue weighted by Gasteiger charge is -2.09. The first-order valence-electron chi connectivity index (χ1n) is 3.58. The first-order valence-corrected chi connectivity index (χ1v) is 3.58. The summed E-state index contributed by atoms with van der Waals surface area (Å²) >= 11 is 0. The van der Waals surface area contributed by atoms with E-state index in [1.54, 1.807) is 6.92 Å². The number of nitrogens with two attached hydrogens (primary N) is 1. The van der Waals surface area contributed by atoms with Gasteiger partial charge in [-0.1, -0.05) is 19.8 Å². The highest BCUT2D eigenvalue weighted by molar-refractivity contribution is 4.65. The van der Waals surface area contributed by atoms with Gasteiger partial charge in [-0.25, -0.2) is 4.39 Å². The molecule has 0 saturated carbocycles. The van der Waals surface area contributed by atoms with Crippen LogP contribution in [-0.2, 0) is 0 Å². The van der Waals surface area contributed by atoms with Crippen LogP contribution < -0.4 is 5.73 Å². The van der Waals surface area contributed by atoms with Crippen LogP contribution in [0.1, 0.15) is 33.1 Å². The Morgan fingerprint density at radius 3 is 2.44 bits per heavy atom. The zero-order chi connectivity index (χ0) is 7.28. The predicted molar refractivity (Wildman–Crippen MR) is 38.1 cm³/mol. The number of halogens is 1. The van der Waals surface area contributed by atoms with Crippen LogP contribution in [0.15, 0.2) is 0 Å². The molecule has 0 bridgehead atoms. The molecule has 0 rings (SSSR count). The summed E-state index contributed by atoms with van der Waals surface area (Å²) in [6.45, 7) is 3.76. The maximum absolute atomic E-state index is 12.6. The summed E-state index contributed by atoms with van der Waals surface area (Å²) in [4.78, 5) is 0. The maximum Gasteiger partial charge on any atom is 0.115 e. The SMILES string of the molecule is CCCCC(F)C(C)N. The summed E-state index contributed by atoms with van der Waals surface area (Å²) in [5.74, 6) is 0. The zero-order valence-corrected chi connectivity index (χ0v) is 6.23. The molecule has 0 aromatic carbocycles. The van der Waals surface area contributed by atoms with Crippen LogP contribution in [0.3, 0.4) is 0 Å². The molecule has 0 fully saturated rings. The van der Waals surface area contributed by atoms with Gasteiger partial charge < -0.3 is 5.73 Å². The highest BCUT2D eigenvalue weighted by Gasteiger charge is 2.09. The molecular formula is C7H16FN. The lowest BCUT2D eigenvalue weighted by Crippen LogP contribution is -2.27. The van der Waals surface area contributed by atoms with E-state index in [0.29, 0.717) is 6.42 Å². The Hall–Kier alpha value is -0.110. The van der Waals surface area contributed by atoms with Gasteiger partial charge in [-0.2, -0.15) is 0 Å². The van der Waals surface area contributed by atoms with E-state index in [-0.39, 0.29) is 6.04 Å². The molecule has 0 aromatic rings. The van der Waals surface area contributed by atoms with Crippen LogP contribution in [0.25, 0.3) is 0 Å². The van der Waals surface area contributed by atoms with Crippen molar-refractivity contribution in [3.8, 4) is 0 Å². The largest absolute Gasteiger partial charge is 0.325 e. The van der Waals surface area contributed by atoms with E-state index in [0.717, 1.165) is 12.8 Å². The molecule has 0 aliphatic heterocycles. The molecule has 2 N–H and O–H groups in total. The zero-order valence-electron chi connectivity index (χ0n) is 6.23. The lowest BCUT2D eigenvalue weighted by molar-refractivity contribution is 0.269. The van der Waals surface area contributed by atoms with Gasteiger partial charge in [0.25, 0.3) is 0 Å². The molecule has 0 aliphatic rings. The van der Waals surface area contributed by atoms with Crippen LogP contribution in [0.4, 0.5) is 4.39 Å². The first kappa shape index (κ1) is 8.89. The van der Waals surface area contributed by atoms with E-state index in [2.05, 4.69) is 0 Å². The van der Waals surface area contributed by atoms with Gasteiger partial charge in [0.05, 0.1) is 0 Å². The second-order valence-electron chi connectivity index (χ2n) is 2.52. The number of rotatable bonds is 4. The van der Waals surface area contributed by atoms with Gasteiger partial charge in [0.2, 0.25) is 0 Å². The average molecular weight is 133 g/mol. The number of unbranched alkanes of at least 4 members (excludes halogenated alkanes) is 1. The molecule has 0 aromatic heterocycles. The molecule has 0 saturated heterocycles. The number of hydrogen-bond donors (Lipinski definition) is 1. The van der Waals surface area contributed by atoms with Crippen molar-refractivity contribution in [2.75, 3.05) is 0 Å². The fourth-order valence-electron chi connectivity index (χ4n) is 0.662. The van der Waals surface area contributed by atoms with Crippen LogP contribution >= 0.6 is 0 Å². The summed E-state index contributed by atoms with van der Waals surface area (Å²) in [5, 5.41) is 0. The van der Waals surface area contributed by atoms with Crippen LogP contribution in [-0.4, -0.2) is 12.2 Å². The molecule has 2 atom stereocenters. The van der Waals surface area contributed by atoms with E-state index in [4.69, 9.17) is 5.73 Å². The van der Waals surface area contributed by atoms with E-state index in [9.17, 15) is 4.39 Å². The minimum Gasteiger partial charge on any atom is -0.325 e. The summed E-state index contributed by atoms with van der Waals surface area (Å²) in [7, 11) is 0. The van der Waals surface area contributed by atoms with Gasteiger partial charge in [-0.15, -0.1) is 0 Å². The van der Waals surface area contributed by atoms with Crippen molar-refractivity contribution in [2.45, 2.75) is 45.3 Å². The van der Waals surface area contributed by atoms with Gasteiger partial charge in [-0.3, -0.25) is 0 Å². The lowest BCUT2D eigenvalue weighted by atomic mass is 10.1. The van der Waals surface area contributed by atoms with E-state index >= 15 is 0 Å². The van der Waals surface area contributed by atoms with Crippen molar-refractivity contribution in [3.63, 3.8) is 0 Å². The fourth-order valence-corrected chi connectivity index (χ4v) is 0.662. The average Bonchev–Trinajstić information content (AvgIpc) is 1.82. The Labute approximate surface area is 56.4 Å². The third kappa shape index (κ3) is 4.40. The van der Waals surface area contributed by atoms with E-state index < -0.39 is 6.17 Å². The Morgan fingerprint density at radius 2 is 2.11 bits per heavy atom. The molecule has 0 heterocycles. The topological polar surface area (TPSA) is 26.0 Å². The Bertz CT molecular complexity index is 63.9. The summed E-state index contributed by atoms with van der Waals surface area (Å²) in [5.41, 5.74) is 5.30. The minimum absolute atomic E-state index is 0.295. The van der Waals surface area contributed by atoms with Crippen molar-refractivity contribution < 1.29 is 4.39 Å². The van der Waals surface area contributed by atoms with Gasteiger partial charge in [0, 0.05) is 6.04 Å². The van der Waals surface area contributed by atoms with Crippen molar-refractivity contribution in [2.24, 2.45) is 5.73 Å². The molecule has 1 nitrogen and oxygen atoms in total. The van der Waals surface area contributed by atoms with Gasteiger partial charge >= 0.3 is 0 Å². The van der Waals surface area contributed by atoms with Crippen LogP contribution in [0, 0.1) is 0 Å². The highest BCUT2D eigenvalue weighted by atomic mass is 19.1. The summed E-state index contributed by atoms with van der Waals surface area (Å²) < 4.78 is 12.6. The van der Waals surface area contributed by atoms with Crippen molar-refractivity contribution >= 4 is 0 Å². The standard InChI is InChI=1S/C7H16FN/c1-3-4-5-7(8)6(2)9/h6-7H,3-5,9H2,1-2H3. The third-order valence-corrected chi connectivity index (χ3v) is 1.40. The molecule has 9 heavy (non-hydrogen) atoms. The Balaban J connectivity index is 3.16. The molecule has 0 aliphatic carbocycles. The summed E-state index contributed by atoms with van der Waals surface area (Å²) in [6, 6.07) is -0.295. The molecule has 0 amide bonds. The quantitative estimate of drug-likeness (QED) is 0.622. The Kier molecular flexibility index (Phi) is 4.68. The molecule has 2 heteroatoms. The van der Waals surface area contributed by atoms with Gasteiger partial charge in [0.15, 0.2) is 0 Å². The van der Waals surface area contributed by atoms with Crippen LogP contribution in [0.2, 0.25) is 0 Å². The van der Waals surface area contributed by atoms with E-state index in [1.165, 1.54) is 0 Å². The second-order valence-corrected chi connectivity index (χ2v) is 2.52. The predicted octanol–water partition coefficient (Wildman–Crippen LogP) is 1.86. The molecule has 0 radical (unpaired) electrons. The fraction of sp³-hybridized carbons (Fsp3) is 1.00.